The number of hydrazone groups is 1. The lowest BCUT2D eigenvalue weighted by molar-refractivity contribution is -0.136. The summed E-state index contributed by atoms with van der Waals surface area (Å²) < 4.78 is 20.7. The molecule has 10 heteroatoms. The van der Waals surface area contributed by atoms with Crippen LogP contribution in [0.25, 0.3) is 0 Å². The van der Waals surface area contributed by atoms with Crippen LogP contribution in [0, 0.1) is 0 Å². The molecule has 2 amide bonds. The maximum Gasteiger partial charge on any atom is 0.343 e. The summed E-state index contributed by atoms with van der Waals surface area (Å²) in [7, 11) is 4.47. The third kappa shape index (κ3) is 6.81. The largest absolute Gasteiger partial charge is 0.497 e. The van der Waals surface area contributed by atoms with Crippen molar-refractivity contribution in [2.45, 2.75) is 0 Å². The number of esters is 1. The van der Waals surface area contributed by atoms with Gasteiger partial charge in [-0.05, 0) is 66.2 Å². The average molecular weight is 477 g/mol. The van der Waals surface area contributed by atoms with Crippen LogP contribution in [0.1, 0.15) is 15.9 Å². The molecule has 180 valence electrons. The maximum atomic E-state index is 12.2. The molecule has 10 nitrogen and oxygen atoms in total. The lowest BCUT2D eigenvalue weighted by atomic mass is 10.2. The molecule has 0 aromatic heterocycles. The van der Waals surface area contributed by atoms with Crippen molar-refractivity contribution in [3.8, 4) is 23.0 Å². The number of nitrogens with zero attached hydrogens (tertiary/aromatic N) is 1. The number of methoxy groups -OCH3 is 3. The van der Waals surface area contributed by atoms with Crippen molar-refractivity contribution in [2.24, 2.45) is 5.10 Å². The first-order chi connectivity index (χ1) is 16.9. The fourth-order valence-corrected chi connectivity index (χ4v) is 2.81. The van der Waals surface area contributed by atoms with E-state index < -0.39 is 17.8 Å². The Morgan fingerprint density at radius 1 is 0.743 bits per heavy atom. The Labute approximate surface area is 201 Å². The van der Waals surface area contributed by atoms with E-state index >= 15 is 0 Å². The van der Waals surface area contributed by atoms with Crippen molar-refractivity contribution in [1.82, 2.24) is 5.43 Å². The number of hydrogen-bond donors (Lipinski definition) is 2. The van der Waals surface area contributed by atoms with E-state index in [2.05, 4.69) is 15.8 Å². The Morgan fingerprint density at radius 3 is 2.00 bits per heavy atom. The van der Waals surface area contributed by atoms with Crippen LogP contribution in [0.2, 0.25) is 0 Å². The highest BCUT2D eigenvalue weighted by Gasteiger charge is 2.16. The molecule has 0 heterocycles. The quantitative estimate of drug-likeness (QED) is 0.168. The molecule has 0 aliphatic carbocycles. The normalized spacial score (nSPS) is 10.4. The van der Waals surface area contributed by atoms with Gasteiger partial charge in [0, 0.05) is 6.07 Å². The molecule has 35 heavy (non-hydrogen) atoms. The predicted molar refractivity (Wildman–Crippen MR) is 128 cm³/mol. The van der Waals surface area contributed by atoms with Gasteiger partial charge in [-0.15, -0.1) is 0 Å². The van der Waals surface area contributed by atoms with Gasteiger partial charge in [0.25, 0.3) is 0 Å². The second kappa shape index (κ2) is 11.8. The van der Waals surface area contributed by atoms with Gasteiger partial charge in [0.2, 0.25) is 0 Å². The summed E-state index contributed by atoms with van der Waals surface area (Å²) in [6.07, 6.45) is 1.34. The van der Waals surface area contributed by atoms with Crippen molar-refractivity contribution in [3.63, 3.8) is 0 Å². The van der Waals surface area contributed by atoms with Crippen molar-refractivity contribution in [1.29, 1.82) is 0 Å². The minimum Gasteiger partial charge on any atom is -0.497 e. The van der Waals surface area contributed by atoms with E-state index in [1.165, 1.54) is 20.4 Å². The number of hydrogen-bond acceptors (Lipinski definition) is 8. The van der Waals surface area contributed by atoms with Crippen LogP contribution >= 0.6 is 0 Å². The fraction of sp³-hybridized carbons (Fsp3) is 0.120. The molecule has 3 aromatic carbocycles. The molecule has 0 aliphatic rings. The highest BCUT2D eigenvalue weighted by Crippen LogP contribution is 2.28. The number of amides is 2. The van der Waals surface area contributed by atoms with E-state index in [0.29, 0.717) is 39.8 Å². The number of benzene rings is 3. The second-order valence-corrected chi connectivity index (χ2v) is 6.91. The van der Waals surface area contributed by atoms with E-state index in [0.717, 1.165) is 0 Å². The highest BCUT2D eigenvalue weighted by atomic mass is 16.5. The molecule has 0 fully saturated rings. The first-order valence-electron chi connectivity index (χ1n) is 10.3. The minimum absolute atomic E-state index is 0.303. The van der Waals surface area contributed by atoms with Crippen molar-refractivity contribution in [2.75, 3.05) is 26.6 Å². The molecular formula is C25H23N3O7. The summed E-state index contributed by atoms with van der Waals surface area (Å²) >= 11 is 0. The van der Waals surface area contributed by atoms with Crippen molar-refractivity contribution < 1.29 is 33.3 Å². The van der Waals surface area contributed by atoms with Crippen LogP contribution in [-0.2, 0) is 9.59 Å². The smallest absolute Gasteiger partial charge is 0.343 e. The number of carbonyl (C=O) groups excluding carboxylic acids is 3. The first-order valence-corrected chi connectivity index (χ1v) is 10.3. The Morgan fingerprint density at radius 2 is 1.37 bits per heavy atom. The van der Waals surface area contributed by atoms with E-state index in [4.69, 9.17) is 18.9 Å². The van der Waals surface area contributed by atoms with Crippen LogP contribution in [0.15, 0.2) is 71.8 Å². The van der Waals surface area contributed by atoms with Crippen LogP contribution in [0.5, 0.6) is 23.0 Å². The van der Waals surface area contributed by atoms with E-state index in [9.17, 15) is 14.4 Å². The third-order valence-electron chi connectivity index (χ3n) is 4.66. The number of ether oxygens (including phenoxy) is 4. The molecule has 0 radical (unpaired) electrons. The third-order valence-corrected chi connectivity index (χ3v) is 4.66. The molecule has 0 atom stereocenters. The van der Waals surface area contributed by atoms with Crippen LogP contribution in [0.4, 0.5) is 5.69 Å². The van der Waals surface area contributed by atoms with Gasteiger partial charge in [-0.25, -0.2) is 10.2 Å². The number of anilines is 1. The lowest BCUT2D eigenvalue weighted by Crippen LogP contribution is -2.32. The van der Waals surface area contributed by atoms with Crippen molar-refractivity contribution in [3.05, 3.63) is 77.9 Å². The zero-order valence-corrected chi connectivity index (χ0v) is 19.2. The number of carbonyl (C=O) groups is 3. The van der Waals surface area contributed by atoms with Crippen LogP contribution in [0.3, 0.4) is 0 Å². The first kappa shape index (κ1) is 24.8. The average Bonchev–Trinajstić information content (AvgIpc) is 2.89. The van der Waals surface area contributed by atoms with Gasteiger partial charge in [-0.1, -0.05) is 0 Å². The van der Waals surface area contributed by atoms with Gasteiger partial charge in [-0.2, -0.15) is 5.10 Å². The molecule has 0 aliphatic heterocycles. The standard InChI is InChI=1S/C25H23N3O7/c1-32-18-10-6-17(7-11-18)25(31)35-19-8-4-16(5-9-19)15-26-28-24(30)23(29)27-21-13-12-20(33-2)14-22(21)34-3/h4-15H,1-3H3,(H,27,29)(H,28,30)/b26-15+. The van der Waals surface area contributed by atoms with E-state index in [1.54, 1.807) is 73.8 Å². The molecule has 2 N–H and O–H groups in total. The Hall–Kier alpha value is -4.86. The summed E-state index contributed by atoms with van der Waals surface area (Å²) in [6.45, 7) is 0. The second-order valence-electron chi connectivity index (χ2n) is 6.91. The molecule has 0 spiro atoms. The fourth-order valence-electron chi connectivity index (χ4n) is 2.81. The molecule has 3 aromatic rings. The Balaban J connectivity index is 1.52. The van der Waals surface area contributed by atoms with Gasteiger partial charge >= 0.3 is 17.8 Å². The zero-order valence-electron chi connectivity index (χ0n) is 19.2. The molecule has 3 rings (SSSR count). The summed E-state index contributed by atoms with van der Waals surface area (Å²) in [5.41, 5.74) is 3.43. The van der Waals surface area contributed by atoms with Crippen LogP contribution in [-0.4, -0.2) is 45.3 Å². The number of rotatable bonds is 8. The minimum atomic E-state index is -0.968. The van der Waals surface area contributed by atoms with E-state index in [-0.39, 0.29) is 0 Å². The monoisotopic (exact) mass is 477 g/mol. The summed E-state index contributed by atoms with van der Waals surface area (Å²) in [4.78, 5) is 36.4. The maximum absolute atomic E-state index is 12.2. The summed E-state index contributed by atoms with van der Waals surface area (Å²) in [5.74, 6) is -0.566. The molecule has 0 saturated carbocycles. The van der Waals surface area contributed by atoms with Gasteiger partial charge in [0.05, 0.1) is 38.8 Å². The SMILES string of the molecule is COc1ccc(C(=O)Oc2ccc(/C=N/NC(=O)C(=O)Nc3ccc(OC)cc3OC)cc2)cc1. The Bertz CT molecular complexity index is 1220. The highest BCUT2D eigenvalue weighted by molar-refractivity contribution is 6.39. The van der Waals surface area contributed by atoms with Gasteiger partial charge in [0.1, 0.15) is 23.0 Å². The summed E-state index contributed by atoms with van der Waals surface area (Å²) in [5, 5.41) is 6.22. The van der Waals surface area contributed by atoms with E-state index in [1.807, 2.05) is 0 Å². The zero-order chi connectivity index (χ0) is 25.2. The van der Waals surface area contributed by atoms with Gasteiger partial charge in [-0.3, -0.25) is 9.59 Å². The topological polar surface area (TPSA) is 125 Å². The summed E-state index contributed by atoms with van der Waals surface area (Å²) in [6, 6.07) is 17.7. The lowest BCUT2D eigenvalue weighted by Gasteiger charge is -2.10. The molecule has 0 bridgehead atoms. The van der Waals surface area contributed by atoms with Crippen molar-refractivity contribution >= 4 is 29.7 Å². The van der Waals surface area contributed by atoms with Gasteiger partial charge < -0.3 is 24.3 Å². The molecular weight excluding hydrogens is 454 g/mol. The van der Waals surface area contributed by atoms with Gasteiger partial charge in [0.15, 0.2) is 0 Å². The number of nitrogens with one attached hydrogen (secondary N) is 2. The molecule has 0 saturated heterocycles. The predicted octanol–water partition coefficient (Wildman–Crippen LogP) is 3.02. The molecule has 0 unspecified atom stereocenters. The van der Waals surface area contributed by atoms with Crippen LogP contribution < -0.4 is 29.7 Å². The Kier molecular flexibility index (Phi) is 8.38.